The first-order chi connectivity index (χ1) is 10.5. The van der Waals surface area contributed by atoms with E-state index < -0.39 is 18.0 Å². The topological polar surface area (TPSA) is 65.5 Å². The molecule has 0 aliphatic heterocycles. The van der Waals surface area contributed by atoms with E-state index in [0.717, 1.165) is 11.1 Å². The number of rotatable bonds is 4. The van der Waals surface area contributed by atoms with E-state index in [1.54, 1.807) is 30.5 Å². The molecule has 0 radical (unpaired) electrons. The standard InChI is InChI=1S/C17H17NO4/c1-11-7-12(2)9-14(8-11)16(19)22-15(17(20)21-3)13-5-4-6-18-10-13/h4-10,15H,1-3H3. The molecule has 0 amide bonds. The fraction of sp³-hybridized carbons (Fsp3) is 0.235. The smallest absolute Gasteiger partial charge is 0.352 e. The Morgan fingerprint density at radius 2 is 1.82 bits per heavy atom. The van der Waals surface area contributed by atoms with Gasteiger partial charge in [-0.05, 0) is 32.0 Å². The van der Waals surface area contributed by atoms with Gasteiger partial charge in [-0.3, -0.25) is 4.98 Å². The van der Waals surface area contributed by atoms with Gasteiger partial charge >= 0.3 is 11.9 Å². The fourth-order valence-electron chi connectivity index (χ4n) is 2.16. The van der Waals surface area contributed by atoms with Gasteiger partial charge in [0.1, 0.15) is 0 Å². The number of hydrogen-bond donors (Lipinski definition) is 0. The number of benzene rings is 1. The van der Waals surface area contributed by atoms with Crippen molar-refractivity contribution in [2.75, 3.05) is 7.11 Å². The van der Waals surface area contributed by atoms with Gasteiger partial charge in [0.2, 0.25) is 6.10 Å². The van der Waals surface area contributed by atoms with E-state index in [1.165, 1.54) is 13.3 Å². The first-order valence-corrected chi connectivity index (χ1v) is 6.78. The molecule has 1 aromatic heterocycles. The SMILES string of the molecule is COC(=O)C(OC(=O)c1cc(C)cc(C)c1)c1cccnc1. The van der Waals surface area contributed by atoms with Crippen LogP contribution in [0.1, 0.15) is 33.2 Å². The molecule has 114 valence electrons. The zero-order chi connectivity index (χ0) is 16.1. The van der Waals surface area contributed by atoms with Crippen LogP contribution in [-0.4, -0.2) is 24.0 Å². The minimum atomic E-state index is -1.13. The van der Waals surface area contributed by atoms with Crippen LogP contribution in [0, 0.1) is 13.8 Å². The summed E-state index contributed by atoms with van der Waals surface area (Å²) in [5.41, 5.74) is 2.76. The molecule has 1 atom stereocenters. The van der Waals surface area contributed by atoms with Crippen LogP contribution in [0.4, 0.5) is 0 Å². The molecule has 1 unspecified atom stereocenters. The molecule has 1 heterocycles. The lowest BCUT2D eigenvalue weighted by Crippen LogP contribution is -2.21. The fourth-order valence-corrected chi connectivity index (χ4v) is 2.16. The number of carbonyl (C=O) groups is 2. The number of nitrogens with zero attached hydrogens (tertiary/aromatic N) is 1. The Balaban J connectivity index is 2.27. The summed E-state index contributed by atoms with van der Waals surface area (Å²) < 4.78 is 10.0. The highest BCUT2D eigenvalue weighted by Gasteiger charge is 2.26. The van der Waals surface area contributed by atoms with Crippen molar-refractivity contribution in [3.05, 3.63) is 65.0 Å². The molecular formula is C17H17NO4. The van der Waals surface area contributed by atoms with Crippen molar-refractivity contribution in [3.63, 3.8) is 0 Å². The molecule has 5 nitrogen and oxygen atoms in total. The first kappa shape index (κ1) is 15.7. The predicted molar refractivity (Wildman–Crippen MR) is 80.3 cm³/mol. The number of hydrogen-bond acceptors (Lipinski definition) is 5. The van der Waals surface area contributed by atoms with Gasteiger partial charge in [0, 0.05) is 18.0 Å². The molecule has 2 aromatic rings. The Labute approximate surface area is 128 Å². The lowest BCUT2D eigenvalue weighted by Gasteiger charge is -2.16. The van der Waals surface area contributed by atoms with Crippen LogP contribution in [0.3, 0.4) is 0 Å². The van der Waals surface area contributed by atoms with Crippen molar-refractivity contribution < 1.29 is 19.1 Å². The largest absolute Gasteiger partial charge is 0.466 e. The molecular weight excluding hydrogens is 282 g/mol. The van der Waals surface area contributed by atoms with E-state index in [-0.39, 0.29) is 0 Å². The van der Waals surface area contributed by atoms with Gasteiger partial charge < -0.3 is 9.47 Å². The molecule has 5 heteroatoms. The van der Waals surface area contributed by atoms with Crippen LogP contribution in [0.2, 0.25) is 0 Å². The highest BCUT2D eigenvalue weighted by atomic mass is 16.6. The number of esters is 2. The van der Waals surface area contributed by atoms with Gasteiger partial charge in [0.25, 0.3) is 0 Å². The third kappa shape index (κ3) is 3.69. The zero-order valence-corrected chi connectivity index (χ0v) is 12.7. The maximum atomic E-state index is 12.3. The number of aryl methyl sites for hydroxylation is 2. The zero-order valence-electron chi connectivity index (χ0n) is 12.7. The molecule has 0 N–H and O–H groups in total. The van der Waals surface area contributed by atoms with Gasteiger partial charge in [-0.15, -0.1) is 0 Å². The monoisotopic (exact) mass is 299 g/mol. The second-order valence-corrected chi connectivity index (χ2v) is 4.97. The molecule has 0 aliphatic carbocycles. The number of pyridine rings is 1. The molecule has 0 bridgehead atoms. The van der Waals surface area contributed by atoms with Crippen molar-refractivity contribution in [1.82, 2.24) is 4.98 Å². The normalized spacial score (nSPS) is 11.6. The molecule has 0 fully saturated rings. The Morgan fingerprint density at radius 3 is 2.36 bits per heavy atom. The van der Waals surface area contributed by atoms with E-state index >= 15 is 0 Å². The van der Waals surface area contributed by atoms with Crippen molar-refractivity contribution >= 4 is 11.9 Å². The average molecular weight is 299 g/mol. The van der Waals surface area contributed by atoms with E-state index in [2.05, 4.69) is 4.98 Å². The number of aromatic nitrogens is 1. The lowest BCUT2D eigenvalue weighted by molar-refractivity contribution is -0.151. The number of ether oxygens (including phenoxy) is 2. The second-order valence-electron chi connectivity index (χ2n) is 4.97. The van der Waals surface area contributed by atoms with Crippen LogP contribution in [0.15, 0.2) is 42.7 Å². The summed E-state index contributed by atoms with van der Waals surface area (Å²) in [6.45, 7) is 3.78. The molecule has 0 saturated heterocycles. The Kier molecular flexibility index (Phi) is 4.88. The minimum Gasteiger partial charge on any atom is -0.466 e. The molecule has 22 heavy (non-hydrogen) atoms. The van der Waals surface area contributed by atoms with Gasteiger partial charge in [-0.2, -0.15) is 0 Å². The highest BCUT2D eigenvalue weighted by Crippen LogP contribution is 2.21. The van der Waals surface area contributed by atoms with Gasteiger partial charge in [0.15, 0.2) is 0 Å². The average Bonchev–Trinajstić information content (AvgIpc) is 2.51. The van der Waals surface area contributed by atoms with Crippen LogP contribution >= 0.6 is 0 Å². The van der Waals surface area contributed by atoms with E-state index in [9.17, 15) is 9.59 Å². The summed E-state index contributed by atoms with van der Waals surface area (Å²) in [7, 11) is 1.25. The van der Waals surface area contributed by atoms with Crippen molar-refractivity contribution in [2.45, 2.75) is 20.0 Å². The Bertz CT molecular complexity index is 662. The van der Waals surface area contributed by atoms with E-state index in [1.807, 2.05) is 19.9 Å². The molecule has 2 rings (SSSR count). The highest BCUT2D eigenvalue weighted by molar-refractivity contribution is 5.92. The summed E-state index contributed by atoms with van der Waals surface area (Å²) >= 11 is 0. The summed E-state index contributed by atoms with van der Waals surface area (Å²) in [5.74, 6) is -1.23. The molecule has 0 aliphatic rings. The van der Waals surface area contributed by atoms with E-state index in [0.29, 0.717) is 11.1 Å². The molecule has 1 aromatic carbocycles. The predicted octanol–water partition coefficient (Wildman–Crippen LogP) is 2.77. The van der Waals surface area contributed by atoms with Crippen molar-refractivity contribution in [3.8, 4) is 0 Å². The summed E-state index contributed by atoms with van der Waals surface area (Å²) in [5, 5.41) is 0. The van der Waals surface area contributed by atoms with Gasteiger partial charge in [-0.25, -0.2) is 9.59 Å². The van der Waals surface area contributed by atoms with Crippen molar-refractivity contribution in [1.29, 1.82) is 0 Å². The first-order valence-electron chi connectivity index (χ1n) is 6.78. The summed E-state index contributed by atoms with van der Waals surface area (Å²) in [6, 6.07) is 8.70. The van der Waals surface area contributed by atoms with Crippen LogP contribution in [0.25, 0.3) is 0 Å². The van der Waals surface area contributed by atoms with Gasteiger partial charge in [0.05, 0.1) is 12.7 Å². The third-order valence-corrected chi connectivity index (χ3v) is 3.08. The minimum absolute atomic E-state index is 0.398. The van der Waals surface area contributed by atoms with Crippen LogP contribution < -0.4 is 0 Å². The number of carbonyl (C=O) groups excluding carboxylic acids is 2. The van der Waals surface area contributed by atoms with Crippen molar-refractivity contribution in [2.24, 2.45) is 0 Å². The number of methoxy groups -OCH3 is 1. The quantitative estimate of drug-likeness (QED) is 0.812. The maximum absolute atomic E-state index is 12.3. The second kappa shape index (κ2) is 6.85. The molecule has 0 spiro atoms. The third-order valence-electron chi connectivity index (χ3n) is 3.08. The maximum Gasteiger partial charge on any atom is 0.352 e. The molecule has 0 saturated carbocycles. The Morgan fingerprint density at radius 1 is 1.14 bits per heavy atom. The summed E-state index contributed by atoms with van der Waals surface area (Å²) in [6.07, 6.45) is 1.91. The van der Waals surface area contributed by atoms with Crippen LogP contribution in [0.5, 0.6) is 0 Å². The Hall–Kier alpha value is -2.69. The van der Waals surface area contributed by atoms with Crippen LogP contribution in [-0.2, 0) is 14.3 Å². The lowest BCUT2D eigenvalue weighted by atomic mass is 10.1. The van der Waals surface area contributed by atoms with E-state index in [4.69, 9.17) is 9.47 Å². The van der Waals surface area contributed by atoms with Gasteiger partial charge in [-0.1, -0.05) is 23.3 Å². The summed E-state index contributed by atoms with van der Waals surface area (Å²) in [4.78, 5) is 28.1.